The van der Waals surface area contributed by atoms with Gasteiger partial charge in [0, 0.05) is 11.5 Å². The second-order valence-electron chi connectivity index (χ2n) is 6.07. The summed E-state index contributed by atoms with van der Waals surface area (Å²) in [7, 11) is -6.00. The van der Waals surface area contributed by atoms with E-state index < -0.39 is 7.25 Å². The minimum atomic E-state index is -6.00. The summed E-state index contributed by atoms with van der Waals surface area (Å²) in [5, 5.41) is 4.67. The Morgan fingerprint density at radius 2 is 1.59 bits per heavy atom. The van der Waals surface area contributed by atoms with E-state index in [4.69, 9.17) is 4.74 Å². The molecule has 142 valence electrons. The number of hydrogen-bond acceptors (Lipinski definition) is 2. The van der Waals surface area contributed by atoms with Crippen LogP contribution >= 0.6 is 0 Å². The molecule has 9 heteroatoms. The van der Waals surface area contributed by atoms with E-state index in [9.17, 15) is 17.3 Å². The van der Waals surface area contributed by atoms with Crippen LogP contribution in [0.3, 0.4) is 0 Å². The van der Waals surface area contributed by atoms with Crippen LogP contribution < -0.4 is 4.57 Å². The maximum atomic E-state index is 9.75. The summed E-state index contributed by atoms with van der Waals surface area (Å²) in [6.07, 6.45) is 3.04. The minimum Gasteiger partial charge on any atom is -0.418 e. The highest BCUT2D eigenvalue weighted by atomic mass is 19.5. The van der Waals surface area contributed by atoms with Crippen molar-refractivity contribution in [1.82, 2.24) is 9.78 Å². The first-order chi connectivity index (χ1) is 12.9. The zero-order chi connectivity index (χ0) is 19.3. The molecule has 1 aliphatic rings. The van der Waals surface area contributed by atoms with E-state index in [0.29, 0.717) is 12.6 Å². The van der Waals surface area contributed by atoms with Crippen LogP contribution in [0, 0.1) is 0 Å². The zero-order valence-corrected chi connectivity index (χ0v) is 14.4. The molecule has 2 heterocycles. The van der Waals surface area contributed by atoms with Crippen LogP contribution in [0.5, 0.6) is 0 Å². The molecule has 27 heavy (non-hydrogen) atoms. The fraction of sp³-hybridized carbons (Fsp3) is 0.222. The van der Waals surface area contributed by atoms with Crippen molar-refractivity contribution in [2.75, 3.05) is 6.61 Å². The van der Waals surface area contributed by atoms with E-state index in [-0.39, 0.29) is 0 Å². The zero-order valence-electron chi connectivity index (χ0n) is 14.4. The topological polar surface area (TPSA) is 30.9 Å². The first-order valence-corrected chi connectivity index (χ1v) is 8.44. The average Bonchev–Trinajstić information content (AvgIpc) is 3.07. The summed E-state index contributed by atoms with van der Waals surface area (Å²) in [5.74, 6) is 0.982. The molecular weight excluding hydrogens is 361 g/mol. The van der Waals surface area contributed by atoms with Gasteiger partial charge in [-0.2, -0.15) is 0 Å². The number of rotatable bonds is 3. The number of fused-ring (bicyclic) bond motifs is 1. The molecule has 0 amide bonds. The highest BCUT2D eigenvalue weighted by Gasteiger charge is 2.29. The van der Waals surface area contributed by atoms with Gasteiger partial charge in [0.1, 0.15) is 18.3 Å². The molecule has 1 unspecified atom stereocenters. The third-order valence-corrected chi connectivity index (χ3v) is 4.02. The van der Waals surface area contributed by atoms with Crippen LogP contribution in [-0.4, -0.2) is 23.6 Å². The monoisotopic (exact) mass is 379 g/mol. The summed E-state index contributed by atoms with van der Waals surface area (Å²) in [4.78, 5) is 0. The molecule has 0 saturated carbocycles. The molecule has 0 aliphatic carbocycles. The normalized spacial score (nSPS) is 16.2. The lowest BCUT2D eigenvalue weighted by Crippen LogP contribution is -2.48. The van der Waals surface area contributed by atoms with Crippen LogP contribution in [0.25, 0.3) is 5.69 Å². The van der Waals surface area contributed by atoms with Gasteiger partial charge in [-0.3, -0.25) is 0 Å². The molecule has 0 fully saturated rings. The van der Waals surface area contributed by atoms with Gasteiger partial charge in [0.15, 0.2) is 0 Å². The van der Waals surface area contributed by atoms with E-state index in [0.717, 1.165) is 24.5 Å². The Balaban J connectivity index is 0.000000376. The van der Waals surface area contributed by atoms with Crippen LogP contribution in [0.2, 0.25) is 0 Å². The number of nitrogens with zero attached hydrogens (tertiary/aromatic N) is 3. The van der Waals surface area contributed by atoms with E-state index in [2.05, 4.69) is 52.4 Å². The number of benzene rings is 2. The van der Waals surface area contributed by atoms with Gasteiger partial charge in [-0.25, -0.2) is 4.57 Å². The molecule has 4 rings (SSSR count). The van der Waals surface area contributed by atoms with Crippen molar-refractivity contribution in [3.05, 3.63) is 78.4 Å². The Hall–Kier alpha value is -2.68. The predicted octanol–water partition coefficient (Wildman–Crippen LogP) is 3.77. The van der Waals surface area contributed by atoms with Crippen molar-refractivity contribution in [1.29, 1.82) is 0 Å². The highest BCUT2D eigenvalue weighted by Crippen LogP contribution is 2.16. The molecule has 1 aliphatic heterocycles. The first-order valence-electron chi connectivity index (χ1n) is 8.44. The van der Waals surface area contributed by atoms with Gasteiger partial charge in [-0.05, 0) is 17.7 Å². The molecule has 1 atom stereocenters. The third kappa shape index (κ3) is 5.65. The first kappa shape index (κ1) is 19.1. The number of ether oxygens (including phenoxy) is 1. The number of hydrogen-bond donors (Lipinski definition) is 0. The molecular formula is C18H18BF4N3O. The van der Waals surface area contributed by atoms with Crippen LogP contribution in [-0.2, 0) is 17.8 Å². The summed E-state index contributed by atoms with van der Waals surface area (Å²) < 4.78 is 48.9. The SMILES string of the molecule is F[B-](F)(F)F.c1ccc(CC2COCc3nn(-c4ccccc4)c[n+]32)cc1. The maximum absolute atomic E-state index is 9.75. The molecule has 0 saturated heterocycles. The van der Waals surface area contributed by atoms with E-state index in [1.54, 1.807) is 0 Å². The maximum Gasteiger partial charge on any atom is 0.673 e. The summed E-state index contributed by atoms with van der Waals surface area (Å²) in [6.45, 7) is 1.30. The Kier molecular flexibility index (Phi) is 5.90. The lowest BCUT2D eigenvalue weighted by atomic mass is 10.1. The summed E-state index contributed by atoms with van der Waals surface area (Å²) in [5.41, 5.74) is 2.40. The molecule has 1 aromatic heterocycles. The summed E-state index contributed by atoms with van der Waals surface area (Å²) >= 11 is 0. The molecule has 0 radical (unpaired) electrons. The number of para-hydroxylation sites is 1. The van der Waals surface area contributed by atoms with Gasteiger partial charge in [0.2, 0.25) is 6.33 Å². The highest BCUT2D eigenvalue weighted by molar-refractivity contribution is 6.50. The number of aromatic nitrogens is 3. The van der Waals surface area contributed by atoms with Crippen LogP contribution in [0.4, 0.5) is 17.3 Å². The number of halogens is 4. The Morgan fingerprint density at radius 3 is 2.22 bits per heavy atom. The van der Waals surface area contributed by atoms with Crippen molar-refractivity contribution in [2.45, 2.75) is 19.1 Å². The van der Waals surface area contributed by atoms with Crippen LogP contribution in [0.15, 0.2) is 67.0 Å². The fourth-order valence-corrected chi connectivity index (χ4v) is 2.91. The Bertz CT molecular complexity index is 850. The van der Waals surface area contributed by atoms with Crippen molar-refractivity contribution >= 4 is 7.25 Å². The molecule has 0 bridgehead atoms. The second-order valence-corrected chi connectivity index (χ2v) is 6.07. The van der Waals surface area contributed by atoms with Gasteiger partial charge >= 0.3 is 13.1 Å². The largest absolute Gasteiger partial charge is 0.673 e. The van der Waals surface area contributed by atoms with Gasteiger partial charge in [-0.1, -0.05) is 53.2 Å². The Morgan fingerprint density at radius 1 is 1.00 bits per heavy atom. The predicted molar refractivity (Wildman–Crippen MR) is 92.8 cm³/mol. The van der Waals surface area contributed by atoms with Crippen LogP contribution in [0.1, 0.15) is 17.4 Å². The van der Waals surface area contributed by atoms with Gasteiger partial charge < -0.3 is 22.0 Å². The smallest absolute Gasteiger partial charge is 0.418 e. The van der Waals surface area contributed by atoms with Crippen molar-refractivity contribution in [3.8, 4) is 5.69 Å². The standard InChI is InChI=1S/C18H18N3O.BF4/c1-3-7-15(8-4-1)11-17-12-22-13-18-19-21(14-20(17)18)16-9-5-2-6-10-16;2-1(3,4)5/h1-10,14,17H,11-13H2;/q+1;-1. The molecule has 0 spiro atoms. The third-order valence-electron chi connectivity index (χ3n) is 4.02. The fourth-order valence-electron chi connectivity index (χ4n) is 2.91. The van der Waals surface area contributed by atoms with E-state index in [1.807, 2.05) is 28.9 Å². The van der Waals surface area contributed by atoms with Gasteiger partial charge in [0.05, 0.1) is 6.61 Å². The van der Waals surface area contributed by atoms with Crippen molar-refractivity contribution in [3.63, 3.8) is 0 Å². The Labute approximate surface area is 154 Å². The van der Waals surface area contributed by atoms with Crippen molar-refractivity contribution < 1.29 is 26.6 Å². The lowest BCUT2D eigenvalue weighted by molar-refractivity contribution is -0.742. The molecule has 4 nitrogen and oxygen atoms in total. The minimum absolute atomic E-state index is 0.295. The van der Waals surface area contributed by atoms with E-state index >= 15 is 0 Å². The quantitative estimate of drug-likeness (QED) is 0.394. The lowest BCUT2D eigenvalue weighted by Gasteiger charge is -2.19. The summed E-state index contributed by atoms with van der Waals surface area (Å²) in [6, 6.07) is 21.0. The molecule has 0 N–H and O–H groups in total. The molecule has 2 aromatic carbocycles. The van der Waals surface area contributed by atoms with Crippen molar-refractivity contribution in [2.24, 2.45) is 0 Å². The second kappa shape index (κ2) is 8.34. The average molecular weight is 379 g/mol. The van der Waals surface area contributed by atoms with E-state index in [1.165, 1.54) is 5.56 Å². The van der Waals surface area contributed by atoms with Gasteiger partial charge in [-0.15, -0.1) is 0 Å². The van der Waals surface area contributed by atoms with Gasteiger partial charge in [0.25, 0.3) is 0 Å². The molecule has 3 aromatic rings.